The van der Waals surface area contributed by atoms with E-state index in [1.165, 1.54) is 30.8 Å². The van der Waals surface area contributed by atoms with Crippen LogP contribution in [0.5, 0.6) is 0 Å². The molecule has 3 rings (SSSR count). The SMILES string of the molecule is NC1CCc2nnc(C3CCCCS3)n2C1. The van der Waals surface area contributed by atoms with E-state index in [0.717, 1.165) is 25.2 Å². The summed E-state index contributed by atoms with van der Waals surface area (Å²) in [4.78, 5) is 0. The fourth-order valence-corrected chi connectivity index (χ4v) is 3.87. The number of nitrogens with two attached hydrogens (primary N) is 1. The van der Waals surface area contributed by atoms with E-state index < -0.39 is 0 Å². The van der Waals surface area contributed by atoms with E-state index in [1.54, 1.807) is 0 Å². The fraction of sp³-hybridized carbons (Fsp3) is 0.818. The van der Waals surface area contributed by atoms with Gasteiger partial charge in [-0.3, -0.25) is 0 Å². The summed E-state index contributed by atoms with van der Waals surface area (Å²) in [5.74, 6) is 3.58. The van der Waals surface area contributed by atoms with Crippen molar-refractivity contribution in [1.82, 2.24) is 14.8 Å². The molecule has 16 heavy (non-hydrogen) atoms. The zero-order valence-corrected chi connectivity index (χ0v) is 10.2. The maximum absolute atomic E-state index is 6.02. The van der Waals surface area contributed by atoms with Crippen LogP contribution in [-0.4, -0.2) is 26.6 Å². The molecule has 0 spiro atoms. The van der Waals surface area contributed by atoms with E-state index in [9.17, 15) is 0 Å². The van der Waals surface area contributed by atoms with Crippen molar-refractivity contribution < 1.29 is 0 Å². The number of fused-ring (bicyclic) bond motifs is 1. The Morgan fingerprint density at radius 2 is 2.19 bits per heavy atom. The van der Waals surface area contributed by atoms with Crippen LogP contribution in [0.2, 0.25) is 0 Å². The summed E-state index contributed by atoms with van der Waals surface area (Å²) in [5.41, 5.74) is 6.02. The Morgan fingerprint density at radius 3 is 3.00 bits per heavy atom. The summed E-state index contributed by atoms with van der Waals surface area (Å²) in [6, 6.07) is 0.288. The maximum Gasteiger partial charge on any atom is 0.146 e. The minimum atomic E-state index is 0.288. The van der Waals surface area contributed by atoms with Crippen LogP contribution in [0, 0.1) is 0 Å². The number of hydrogen-bond acceptors (Lipinski definition) is 4. The van der Waals surface area contributed by atoms with E-state index in [0.29, 0.717) is 5.25 Å². The second-order valence-electron chi connectivity index (χ2n) is 4.74. The quantitative estimate of drug-likeness (QED) is 0.805. The Morgan fingerprint density at radius 1 is 1.25 bits per heavy atom. The molecule has 1 saturated heterocycles. The lowest BCUT2D eigenvalue weighted by Crippen LogP contribution is -2.33. The van der Waals surface area contributed by atoms with Crippen LogP contribution in [-0.2, 0) is 13.0 Å². The Balaban J connectivity index is 1.86. The van der Waals surface area contributed by atoms with Crippen LogP contribution in [0.4, 0.5) is 0 Å². The lowest BCUT2D eigenvalue weighted by molar-refractivity contribution is 0.439. The molecule has 5 heteroatoms. The van der Waals surface area contributed by atoms with Gasteiger partial charge in [-0.1, -0.05) is 6.42 Å². The number of hydrogen-bond donors (Lipinski definition) is 1. The Labute approximate surface area is 100.0 Å². The highest BCUT2D eigenvalue weighted by atomic mass is 32.2. The number of aryl methyl sites for hydroxylation is 1. The van der Waals surface area contributed by atoms with E-state index in [4.69, 9.17) is 5.73 Å². The summed E-state index contributed by atoms with van der Waals surface area (Å²) >= 11 is 2.03. The highest BCUT2D eigenvalue weighted by Gasteiger charge is 2.26. The molecule has 1 fully saturated rings. The monoisotopic (exact) mass is 238 g/mol. The van der Waals surface area contributed by atoms with Gasteiger partial charge in [-0.05, 0) is 25.0 Å². The predicted octanol–water partition coefficient (Wildman–Crippen LogP) is 1.51. The molecule has 0 aliphatic carbocycles. The number of thioether (sulfide) groups is 1. The van der Waals surface area contributed by atoms with Crippen molar-refractivity contribution in [1.29, 1.82) is 0 Å². The van der Waals surface area contributed by atoms with Crippen molar-refractivity contribution in [2.45, 2.75) is 49.9 Å². The first-order valence-electron chi connectivity index (χ1n) is 6.14. The van der Waals surface area contributed by atoms with Gasteiger partial charge in [0, 0.05) is 19.0 Å². The molecule has 3 heterocycles. The first-order chi connectivity index (χ1) is 7.84. The molecule has 2 N–H and O–H groups in total. The molecule has 2 unspecified atom stereocenters. The zero-order chi connectivity index (χ0) is 11.0. The molecule has 2 aliphatic heterocycles. The molecule has 2 aliphatic rings. The first-order valence-corrected chi connectivity index (χ1v) is 7.18. The normalized spacial score (nSPS) is 30.1. The van der Waals surface area contributed by atoms with E-state index >= 15 is 0 Å². The van der Waals surface area contributed by atoms with Gasteiger partial charge >= 0.3 is 0 Å². The zero-order valence-electron chi connectivity index (χ0n) is 9.43. The highest BCUT2D eigenvalue weighted by Crippen LogP contribution is 2.38. The lowest BCUT2D eigenvalue weighted by Gasteiger charge is -2.25. The molecule has 1 aromatic rings. The average Bonchev–Trinajstić information content (AvgIpc) is 2.73. The second-order valence-corrected chi connectivity index (χ2v) is 6.05. The molecule has 2 atom stereocenters. The first kappa shape index (κ1) is 10.6. The molecular formula is C11H18N4S. The van der Waals surface area contributed by atoms with Crippen molar-refractivity contribution in [3.8, 4) is 0 Å². The molecule has 88 valence electrons. The lowest BCUT2D eigenvalue weighted by atomic mass is 10.1. The molecule has 0 bridgehead atoms. The summed E-state index contributed by atoms with van der Waals surface area (Å²) in [6.07, 6.45) is 5.97. The van der Waals surface area contributed by atoms with Gasteiger partial charge in [-0.15, -0.1) is 10.2 Å². The van der Waals surface area contributed by atoms with Gasteiger partial charge in [0.2, 0.25) is 0 Å². The van der Waals surface area contributed by atoms with Crippen LogP contribution in [0.3, 0.4) is 0 Å². The van der Waals surface area contributed by atoms with Gasteiger partial charge in [-0.25, -0.2) is 0 Å². The Kier molecular flexibility index (Phi) is 2.90. The summed E-state index contributed by atoms with van der Waals surface area (Å²) < 4.78 is 2.27. The van der Waals surface area contributed by atoms with E-state index in [1.807, 2.05) is 11.8 Å². The average molecular weight is 238 g/mol. The second kappa shape index (κ2) is 4.37. The highest BCUT2D eigenvalue weighted by molar-refractivity contribution is 7.99. The molecule has 4 nitrogen and oxygen atoms in total. The van der Waals surface area contributed by atoms with E-state index in [-0.39, 0.29) is 6.04 Å². The number of aromatic nitrogens is 3. The molecule has 0 saturated carbocycles. The summed E-state index contributed by atoms with van der Waals surface area (Å²) in [5, 5.41) is 9.26. The molecule has 0 aromatic carbocycles. The van der Waals surface area contributed by atoms with Crippen LogP contribution >= 0.6 is 11.8 Å². The van der Waals surface area contributed by atoms with Crippen molar-refractivity contribution in [3.63, 3.8) is 0 Å². The van der Waals surface area contributed by atoms with Gasteiger partial charge in [0.05, 0.1) is 5.25 Å². The third-order valence-electron chi connectivity index (χ3n) is 3.48. The van der Waals surface area contributed by atoms with Crippen molar-refractivity contribution in [3.05, 3.63) is 11.6 Å². The Hall–Kier alpha value is -0.550. The van der Waals surface area contributed by atoms with Gasteiger partial charge < -0.3 is 10.3 Å². The fourth-order valence-electron chi connectivity index (χ4n) is 2.56. The minimum absolute atomic E-state index is 0.288. The molecular weight excluding hydrogens is 220 g/mol. The van der Waals surface area contributed by atoms with Crippen LogP contribution in [0.15, 0.2) is 0 Å². The standard InChI is InChI=1S/C11H18N4S/c12-8-4-5-10-13-14-11(15(10)7-8)9-3-1-2-6-16-9/h8-9H,1-7,12H2. The minimum Gasteiger partial charge on any atom is -0.326 e. The topological polar surface area (TPSA) is 56.7 Å². The third kappa shape index (κ3) is 1.86. The molecule has 0 amide bonds. The van der Waals surface area contributed by atoms with Crippen LogP contribution in [0.1, 0.15) is 42.6 Å². The van der Waals surface area contributed by atoms with Crippen LogP contribution < -0.4 is 5.73 Å². The summed E-state index contributed by atoms with van der Waals surface area (Å²) in [6.45, 7) is 0.911. The smallest absolute Gasteiger partial charge is 0.146 e. The summed E-state index contributed by atoms with van der Waals surface area (Å²) in [7, 11) is 0. The van der Waals surface area contributed by atoms with E-state index in [2.05, 4.69) is 14.8 Å². The number of nitrogens with zero attached hydrogens (tertiary/aromatic N) is 3. The maximum atomic E-state index is 6.02. The molecule has 1 aromatic heterocycles. The largest absolute Gasteiger partial charge is 0.326 e. The van der Waals surface area contributed by atoms with Crippen molar-refractivity contribution >= 4 is 11.8 Å². The number of rotatable bonds is 1. The predicted molar refractivity (Wildman–Crippen MR) is 65.4 cm³/mol. The van der Waals surface area contributed by atoms with Gasteiger partial charge in [-0.2, -0.15) is 11.8 Å². The Bertz CT molecular complexity index is 370. The molecule has 0 radical (unpaired) electrons. The van der Waals surface area contributed by atoms with Gasteiger partial charge in [0.15, 0.2) is 0 Å². The van der Waals surface area contributed by atoms with Gasteiger partial charge in [0.25, 0.3) is 0 Å². The van der Waals surface area contributed by atoms with Crippen LogP contribution in [0.25, 0.3) is 0 Å². The third-order valence-corrected chi connectivity index (χ3v) is 4.85. The van der Waals surface area contributed by atoms with Crippen molar-refractivity contribution in [2.24, 2.45) is 5.73 Å². The van der Waals surface area contributed by atoms with Crippen molar-refractivity contribution in [2.75, 3.05) is 5.75 Å². The van der Waals surface area contributed by atoms with Gasteiger partial charge in [0.1, 0.15) is 11.6 Å².